The molecule has 5 heteroatoms. The number of carbonyl (C=O) groups excluding carboxylic acids is 1. The van der Waals surface area contributed by atoms with Crippen molar-refractivity contribution in [1.29, 1.82) is 0 Å². The number of benzene rings is 1. The lowest BCUT2D eigenvalue weighted by Crippen LogP contribution is -2.36. The summed E-state index contributed by atoms with van der Waals surface area (Å²) in [6.07, 6.45) is 4.69. The third-order valence-corrected chi connectivity index (χ3v) is 3.96. The Morgan fingerprint density at radius 3 is 2.67 bits per heavy atom. The average molecular weight is 290 g/mol. The molecule has 114 valence electrons. The Morgan fingerprint density at radius 2 is 1.86 bits per heavy atom. The highest BCUT2D eigenvalue weighted by Crippen LogP contribution is 2.37. The molecule has 0 unspecified atom stereocenters. The number of nitrogens with zero attached hydrogens (tertiary/aromatic N) is 1. The quantitative estimate of drug-likeness (QED) is 0.928. The predicted octanol–water partition coefficient (Wildman–Crippen LogP) is 2.27. The van der Waals surface area contributed by atoms with Crippen molar-refractivity contribution in [2.75, 3.05) is 38.2 Å². The van der Waals surface area contributed by atoms with Crippen LogP contribution in [0, 0.1) is 0 Å². The van der Waals surface area contributed by atoms with Gasteiger partial charge in [0.15, 0.2) is 11.5 Å². The first kappa shape index (κ1) is 14.0. The number of para-hydroxylation sites is 1. The number of likely N-dealkylation sites (tertiary alicyclic amines) is 1. The normalized spacial score (nSPS) is 18.0. The van der Waals surface area contributed by atoms with E-state index in [2.05, 4.69) is 5.32 Å². The van der Waals surface area contributed by atoms with Crippen LogP contribution in [0.3, 0.4) is 0 Å². The molecule has 0 bridgehead atoms. The van der Waals surface area contributed by atoms with Gasteiger partial charge in [-0.15, -0.1) is 0 Å². The molecule has 2 aliphatic rings. The van der Waals surface area contributed by atoms with Gasteiger partial charge >= 0.3 is 0 Å². The number of rotatable bonds is 3. The van der Waals surface area contributed by atoms with E-state index in [9.17, 15) is 4.79 Å². The minimum Gasteiger partial charge on any atom is -0.486 e. The molecule has 1 aromatic rings. The molecule has 2 aliphatic heterocycles. The second-order valence-corrected chi connectivity index (χ2v) is 5.48. The van der Waals surface area contributed by atoms with Crippen LogP contribution in [-0.2, 0) is 4.79 Å². The number of nitrogens with one attached hydrogen (secondary N) is 1. The predicted molar refractivity (Wildman–Crippen MR) is 81.0 cm³/mol. The van der Waals surface area contributed by atoms with Gasteiger partial charge < -0.3 is 19.7 Å². The van der Waals surface area contributed by atoms with E-state index in [1.165, 1.54) is 12.8 Å². The Bertz CT molecular complexity index is 496. The van der Waals surface area contributed by atoms with Crippen LogP contribution in [0.25, 0.3) is 0 Å². The fraction of sp³-hybridized carbons (Fsp3) is 0.562. The fourth-order valence-electron chi connectivity index (χ4n) is 2.82. The average Bonchev–Trinajstić information content (AvgIpc) is 2.82. The molecular formula is C16H22N2O3. The van der Waals surface area contributed by atoms with Crippen molar-refractivity contribution in [3.8, 4) is 11.5 Å². The molecule has 2 heterocycles. The van der Waals surface area contributed by atoms with Crippen molar-refractivity contribution >= 4 is 11.6 Å². The van der Waals surface area contributed by atoms with Gasteiger partial charge in [-0.3, -0.25) is 4.79 Å². The molecule has 0 atom stereocenters. The van der Waals surface area contributed by atoms with E-state index in [1.54, 1.807) is 0 Å². The third kappa shape index (κ3) is 3.40. The SMILES string of the molecule is O=C(CNc1cccc2c1OCCO2)N1CCCCCC1. The monoisotopic (exact) mass is 290 g/mol. The van der Waals surface area contributed by atoms with Crippen molar-refractivity contribution in [2.45, 2.75) is 25.7 Å². The van der Waals surface area contributed by atoms with Gasteiger partial charge in [-0.2, -0.15) is 0 Å². The summed E-state index contributed by atoms with van der Waals surface area (Å²) < 4.78 is 11.2. The highest BCUT2D eigenvalue weighted by molar-refractivity contribution is 5.81. The first-order chi connectivity index (χ1) is 10.3. The molecule has 1 saturated heterocycles. The third-order valence-electron chi connectivity index (χ3n) is 3.96. The molecule has 1 N–H and O–H groups in total. The van der Waals surface area contributed by atoms with Gasteiger partial charge in [0.25, 0.3) is 0 Å². The van der Waals surface area contributed by atoms with E-state index in [0.29, 0.717) is 25.5 Å². The molecular weight excluding hydrogens is 268 g/mol. The van der Waals surface area contributed by atoms with Gasteiger partial charge in [0.2, 0.25) is 5.91 Å². The lowest BCUT2D eigenvalue weighted by atomic mass is 10.2. The summed E-state index contributed by atoms with van der Waals surface area (Å²) in [6, 6.07) is 5.71. The maximum Gasteiger partial charge on any atom is 0.241 e. The number of hydrogen-bond donors (Lipinski definition) is 1. The molecule has 1 amide bonds. The number of fused-ring (bicyclic) bond motifs is 1. The summed E-state index contributed by atoms with van der Waals surface area (Å²) >= 11 is 0. The van der Waals surface area contributed by atoms with Gasteiger partial charge in [0.05, 0.1) is 12.2 Å². The van der Waals surface area contributed by atoms with Crippen molar-refractivity contribution in [1.82, 2.24) is 4.90 Å². The zero-order chi connectivity index (χ0) is 14.5. The summed E-state index contributed by atoms with van der Waals surface area (Å²) in [4.78, 5) is 14.2. The highest BCUT2D eigenvalue weighted by Gasteiger charge is 2.18. The summed E-state index contributed by atoms with van der Waals surface area (Å²) in [6.45, 7) is 3.19. The maximum absolute atomic E-state index is 12.3. The Labute approximate surface area is 125 Å². The molecule has 0 aliphatic carbocycles. The lowest BCUT2D eigenvalue weighted by molar-refractivity contribution is -0.129. The van der Waals surface area contributed by atoms with Crippen LogP contribution in [0.2, 0.25) is 0 Å². The molecule has 0 aromatic heterocycles. The number of amides is 1. The molecule has 21 heavy (non-hydrogen) atoms. The summed E-state index contributed by atoms with van der Waals surface area (Å²) in [5.74, 6) is 1.62. The molecule has 0 saturated carbocycles. The second-order valence-electron chi connectivity index (χ2n) is 5.48. The van der Waals surface area contributed by atoms with Crippen LogP contribution >= 0.6 is 0 Å². The minimum atomic E-state index is 0.159. The molecule has 1 fully saturated rings. The summed E-state index contributed by atoms with van der Waals surface area (Å²) in [5.41, 5.74) is 0.829. The maximum atomic E-state index is 12.3. The van der Waals surface area contributed by atoms with Crippen LogP contribution in [0.1, 0.15) is 25.7 Å². The van der Waals surface area contributed by atoms with Crippen molar-refractivity contribution in [3.05, 3.63) is 18.2 Å². The molecule has 0 spiro atoms. The molecule has 5 nitrogen and oxygen atoms in total. The van der Waals surface area contributed by atoms with Crippen LogP contribution in [0.5, 0.6) is 11.5 Å². The summed E-state index contributed by atoms with van der Waals surface area (Å²) in [5, 5.41) is 3.19. The van der Waals surface area contributed by atoms with E-state index in [1.807, 2.05) is 23.1 Å². The zero-order valence-corrected chi connectivity index (χ0v) is 12.3. The smallest absolute Gasteiger partial charge is 0.241 e. The van der Waals surface area contributed by atoms with Gasteiger partial charge in [-0.25, -0.2) is 0 Å². The Hall–Kier alpha value is -1.91. The van der Waals surface area contributed by atoms with E-state index in [4.69, 9.17) is 9.47 Å². The van der Waals surface area contributed by atoms with Crippen molar-refractivity contribution in [3.63, 3.8) is 0 Å². The van der Waals surface area contributed by atoms with Crippen LogP contribution < -0.4 is 14.8 Å². The number of carbonyl (C=O) groups is 1. The highest BCUT2D eigenvalue weighted by atomic mass is 16.6. The summed E-state index contributed by atoms with van der Waals surface area (Å²) in [7, 11) is 0. The lowest BCUT2D eigenvalue weighted by Gasteiger charge is -2.23. The number of hydrogen-bond acceptors (Lipinski definition) is 4. The van der Waals surface area contributed by atoms with Crippen LogP contribution in [-0.4, -0.2) is 43.7 Å². The standard InChI is InChI=1S/C16H22N2O3/c19-15(18-8-3-1-2-4-9-18)12-17-13-6-5-7-14-16(13)21-11-10-20-14/h5-7,17H,1-4,8-12H2. The largest absolute Gasteiger partial charge is 0.486 e. The minimum absolute atomic E-state index is 0.159. The molecule has 1 aromatic carbocycles. The zero-order valence-electron chi connectivity index (χ0n) is 12.3. The molecule has 0 radical (unpaired) electrons. The number of anilines is 1. The van der Waals surface area contributed by atoms with E-state index in [0.717, 1.165) is 37.4 Å². The van der Waals surface area contributed by atoms with Gasteiger partial charge in [0, 0.05) is 13.1 Å². The first-order valence-corrected chi connectivity index (χ1v) is 7.75. The first-order valence-electron chi connectivity index (χ1n) is 7.75. The molecule has 3 rings (SSSR count). The van der Waals surface area contributed by atoms with Crippen molar-refractivity contribution < 1.29 is 14.3 Å². The van der Waals surface area contributed by atoms with E-state index in [-0.39, 0.29) is 5.91 Å². The topological polar surface area (TPSA) is 50.8 Å². The van der Waals surface area contributed by atoms with Crippen molar-refractivity contribution in [2.24, 2.45) is 0 Å². The van der Waals surface area contributed by atoms with Crippen LogP contribution in [0.15, 0.2) is 18.2 Å². The fourth-order valence-corrected chi connectivity index (χ4v) is 2.82. The Balaban J connectivity index is 1.61. The van der Waals surface area contributed by atoms with Gasteiger partial charge in [-0.1, -0.05) is 18.9 Å². The number of ether oxygens (including phenoxy) is 2. The van der Waals surface area contributed by atoms with E-state index < -0.39 is 0 Å². The Morgan fingerprint density at radius 1 is 1.10 bits per heavy atom. The second kappa shape index (κ2) is 6.70. The van der Waals surface area contributed by atoms with E-state index >= 15 is 0 Å². The van der Waals surface area contributed by atoms with Gasteiger partial charge in [-0.05, 0) is 25.0 Å². The Kier molecular flexibility index (Phi) is 4.48. The van der Waals surface area contributed by atoms with Gasteiger partial charge in [0.1, 0.15) is 13.2 Å². The van der Waals surface area contributed by atoms with Crippen LogP contribution in [0.4, 0.5) is 5.69 Å².